The molecule has 2 aliphatic heterocycles. The summed E-state index contributed by atoms with van der Waals surface area (Å²) in [5.41, 5.74) is 0.297. The number of hydrogen-bond donors (Lipinski definition) is 1. The number of nitrogens with one attached hydrogen (secondary N) is 1. The fourth-order valence-electron chi connectivity index (χ4n) is 4.27. The van der Waals surface area contributed by atoms with Crippen LogP contribution in [0.25, 0.3) is 0 Å². The van der Waals surface area contributed by atoms with Crippen LogP contribution in [-0.2, 0) is 20.8 Å². The molecule has 1 aliphatic carbocycles. The van der Waals surface area contributed by atoms with Gasteiger partial charge in [0.05, 0.1) is 38.1 Å². The van der Waals surface area contributed by atoms with Crippen molar-refractivity contribution in [2.45, 2.75) is 31.1 Å². The Morgan fingerprint density at radius 3 is 2.93 bits per heavy atom. The van der Waals surface area contributed by atoms with Crippen molar-refractivity contribution in [2.24, 2.45) is 11.8 Å². The highest BCUT2D eigenvalue weighted by molar-refractivity contribution is 9.11. The molecule has 28 heavy (non-hydrogen) atoms. The minimum absolute atomic E-state index is 0.0492. The number of allylic oxidation sites excluding steroid dienone is 3. The summed E-state index contributed by atoms with van der Waals surface area (Å²) in [6.07, 6.45) is 3.66. The number of benzene rings is 1. The van der Waals surface area contributed by atoms with Crippen LogP contribution in [0.5, 0.6) is 0 Å². The van der Waals surface area contributed by atoms with Gasteiger partial charge in [0.1, 0.15) is 5.83 Å². The summed E-state index contributed by atoms with van der Waals surface area (Å²) in [6, 6.07) is 9.95. The largest absolute Gasteiger partial charge is 0.449 e. The molecular weight excluding hydrogens is 429 g/mol. The highest BCUT2D eigenvalue weighted by atomic mass is 79.9. The molecule has 0 saturated carbocycles. The topological polar surface area (TPSA) is 56.8 Å². The van der Waals surface area contributed by atoms with Crippen LogP contribution < -0.4 is 5.32 Å². The highest BCUT2D eigenvalue weighted by Gasteiger charge is 2.55. The van der Waals surface area contributed by atoms with Crippen LogP contribution >= 0.6 is 15.9 Å². The molecular formula is C21H23BrFNO4. The summed E-state index contributed by atoms with van der Waals surface area (Å²) in [7, 11) is 0. The number of carbonyl (C=O) groups is 1. The van der Waals surface area contributed by atoms with Crippen LogP contribution in [0.3, 0.4) is 0 Å². The van der Waals surface area contributed by atoms with Crippen molar-refractivity contribution in [1.82, 2.24) is 5.32 Å². The molecule has 2 fully saturated rings. The first kappa shape index (κ1) is 19.6. The number of amides is 1. The van der Waals surface area contributed by atoms with Gasteiger partial charge < -0.3 is 19.5 Å². The van der Waals surface area contributed by atoms with E-state index in [2.05, 4.69) is 21.2 Å². The molecule has 0 radical (unpaired) electrons. The third kappa shape index (κ3) is 4.02. The normalized spacial score (nSPS) is 32.5. The summed E-state index contributed by atoms with van der Waals surface area (Å²) in [5, 5.41) is 2.90. The monoisotopic (exact) mass is 451 g/mol. The molecule has 5 nitrogen and oxygen atoms in total. The average molecular weight is 452 g/mol. The second kappa shape index (κ2) is 8.35. The van der Waals surface area contributed by atoms with Gasteiger partial charge in [0.25, 0.3) is 0 Å². The number of rotatable bonds is 5. The van der Waals surface area contributed by atoms with E-state index in [1.54, 1.807) is 6.08 Å². The molecule has 3 aliphatic rings. The van der Waals surface area contributed by atoms with Crippen molar-refractivity contribution < 1.29 is 23.4 Å². The lowest BCUT2D eigenvalue weighted by Crippen LogP contribution is -2.69. The van der Waals surface area contributed by atoms with Crippen molar-refractivity contribution >= 4 is 22.0 Å². The number of ether oxygens (including phenoxy) is 3. The van der Waals surface area contributed by atoms with Crippen LogP contribution in [0, 0.1) is 11.8 Å². The second-order valence-corrected chi connectivity index (χ2v) is 8.57. The van der Waals surface area contributed by atoms with E-state index in [-0.39, 0.29) is 31.1 Å². The predicted octanol–water partition coefficient (Wildman–Crippen LogP) is 4.24. The molecule has 150 valence electrons. The molecule has 4 atom stereocenters. The highest BCUT2D eigenvalue weighted by Crippen LogP contribution is 2.45. The molecule has 1 aromatic carbocycles. The Kier molecular flexibility index (Phi) is 5.85. The van der Waals surface area contributed by atoms with E-state index in [0.717, 1.165) is 10.0 Å². The fraction of sp³-hybridized carbons (Fsp3) is 0.476. The Morgan fingerprint density at radius 2 is 2.11 bits per heavy atom. The number of alkyl carbamates (subject to hydrolysis) is 1. The minimum atomic E-state index is -0.806. The van der Waals surface area contributed by atoms with Crippen LogP contribution in [0.1, 0.15) is 18.4 Å². The van der Waals surface area contributed by atoms with Gasteiger partial charge in [-0.1, -0.05) is 46.3 Å². The summed E-state index contributed by atoms with van der Waals surface area (Å²) in [6.45, 7) is 1.46. The van der Waals surface area contributed by atoms with E-state index in [4.69, 9.17) is 14.2 Å². The van der Waals surface area contributed by atoms with Gasteiger partial charge in [-0.3, -0.25) is 0 Å². The van der Waals surface area contributed by atoms with Gasteiger partial charge in [0.2, 0.25) is 0 Å². The third-order valence-corrected chi connectivity index (χ3v) is 6.36. The first-order valence-electron chi connectivity index (χ1n) is 9.47. The van der Waals surface area contributed by atoms with Gasteiger partial charge in [-0.05, 0) is 35.0 Å². The van der Waals surface area contributed by atoms with Gasteiger partial charge in [0, 0.05) is 11.8 Å². The summed E-state index contributed by atoms with van der Waals surface area (Å²) >= 11 is 3.46. The van der Waals surface area contributed by atoms with Crippen molar-refractivity contribution in [3.8, 4) is 0 Å². The van der Waals surface area contributed by atoms with Gasteiger partial charge in [-0.2, -0.15) is 0 Å². The Hall–Kier alpha value is -1.70. The first-order chi connectivity index (χ1) is 13.6. The lowest BCUT2D eigenvalue weighted by atomic mass is 9.68. The van der Waals surface area contributed by atoms with Gasteiger partial charge >= 0.3 is 6.09 Å². The quantitative estimate of drug-likeness (QED) is 0.727. The Morgan fingerprint density at radius 1 is 1.29 bits per heavy atom. The molecule has 0 bridgehead atoms. The maximum atomic E-state index is 14.7. The summed E-state index contributed by atoms with van der Waals surface area (Å²) in [4.78, 5) is 12.0. The number of fused-ring (bicyclic) bond motifs is 1. The van der Waals surface area contributed by atoms with E-state index in [0.29, 0.717) is 26.1 Å². The smallest absolute Gasteiger partial charge is 0.407 e. The standard InChI is InChI=1S/C21H23BrFNO4/c22-16-6-7-19(23)18(9-16)21-13-28-17(8-15(21)11-27-20(25)24-21)12-26-10-14-4-2-1-3-5-14/h1-7,15,17-18H,8-13H2,(H,24,25)/t15-,17+,18?,21-/m0/s1. The number of carbonyl (C=O) groups excluding carboxylic acids is 1. The predicted molar refractivity (Wildman–Crippen MR) is 105 cm³/mol. The van der Waals surface area contributed by atoms with Crippen LogP contribution in [0.15, 0.2) is 52.8 Å². The zero-order valence-electron chi connectivity index (χ0n) is 15.4. The molecule has 1 unspecified atom stereocenters. The fourth-order valence-corrected chi connectivity index (χ4v) is 4.73. The summed E-state index contributed by atoms with van der Waals surface area (Å²) < 4.78 is 32.7. The molecule has 4 rings (SSSR count). The van der Waals surface area contributed by atoms with Crippen LogP contribution in [0.4, 0.5) is 9.18 Å². The Labute approximate surface area is 172 Å². The lowest BCUT2D eigenvalue weighted by Gasteiger charge is -2.52. The third-order valence-electron chi connectivity index (χ3n) is 5.78. The molecule has 0 aromatic heterocycles. The maximum absolute atomic E-state index is 14.7. The van der Waals surface area contributed by atoms with E-state index >= 15 is 0 Å². The van der Waals surface area contributed by atoms with Crippen molar-refractivity contribution in [2.75, 3.05) is 19.8 Å². The Bertz CT molecular complexity index is 784. The van der Waals surface area contributed by atoms with Gasteiger partial charge in [0.15, 0.2) is 0 Å². The maximum Gasteiger partial charge on any atom is 0.407 e. The zero-order chi connectivity index (χ0) is 19.6. The van der Waals surface area contributed by atoms with Crippen LogP contribution in [0.2, 0.25) is 0 Å². The molecule has 7 heteroatoms. The van der Waals surface area contributed by atoms with Gasteiger partial charge in [-0.15, -0.1) is 0 Å². The Balaban J connectivity index is 1.42. The zero-order valence-corrected chi connectivity index (χ0v) is 17.0. The van der Waals surface area contributed by atoms with Crippen LogP contribution in [-0.4, -0.2) is 37.6 Å². The average Bonchev–Trinajstić information content (AvgIpc) is 2.70. The molecule has 1 N–H and O–H groups in total. The molecule has 2 saturated heterocycles. The van der Waals surface area contributed by atoms with E-state index in [9.17, 15) is 9.18 Å². The molecule has 1 aromatic rings. The molecule has 0 spiro atoms. The lowest BCUT2D eigenvalue weighted by molar-refractivity contribution is -0.137. The molecule has 1 amide bonds. The summed E-state index contributed by atoms with van der Waals surface area (Å²) in [5.74, 6) is -0.763. The first-order valence-corrected chi connectivity index (χ1v) is 10.3. The number of cyclic esters (lactones) is 1. The number of hydrogen-bond acceptors (Lipinski definition) is 4. The second-order valence-electron chi connectivity index (χ2n) is 7.55. The minimum Gasteiger partial charge on any atom is -0.449 e. The van der Waals surface area contributed by atoms with E-state index < -0.39 is 17.6 Å². The SMILES string of the molecule is O=C1N[C@@]2(C3CC(Br)=CC=C3F)CO[C@@H](COCc3ccccc3)C[C@H]2CO1. The van der Waals surface area contributed by atoms with E-state index in [1.807, 2.05) is 30.3 Å². The van der Waals surface area contributed by atoms with Crippen molar-refractivity contribution in [3.05, 3.63) is 58.4 Å². The van der Waals surface area contributed by atoms with Crippen molar-refractivity contribution in [1.29, 1.82) is 0 Å². The number of halogens is 2. The van der Waals surface area contributed by atoms with E-state index in [1.165, 1.54) is 6.08 Å². The molecule has 2 heterocycles. The van der Waals surface area contributed by atoms with Crippen molar-refractivity contribution in [3.63, 3.8) is 0 Å². The van der Waals surface area contributed by atoms with Gasteiger partial charge in [-0.25, -0.2) is 9.18 Å².